The molecule has 0 bridgehead atoms. The van der Waals surface area contributed by atoms with Crippen LogP contribution in [0.1, 0.15) is 41.4 Å². The smallest absolute Gasteiger partial charge is 0.398 e. The zero-order valence-electron chi connectivity index (χ0n) is 21.4. The lowest BCUT2D eigenvalue weighted by Gasteiger charge is -2.25. The summed E-state index contributed by atoms with van der Waals surface area (Å²) in [5.41, 5.74) is 5.60. The topological polar surface area (TPSA) is 107 Å². The summed E-state index contributed by atoms with van der Waals surface area (Å²) in [5.74, 6) is -3.22. The van der Waals surface area contributed by atoms with Gasteiger partial charge in [-0.2, -0.15) is 13.2 Å². The molecule has 0 spiro atoms. The van der Waals surface area contributed by atoms with Crippen molar-refractivity contribution in [2.75, 3.05) is 26.9 Å². The van der Waals surface area contributed by atoms with Gasteiger partial charge in [0.15, 0.2) is 11.5 Å². The minimum absolute atomic E-state index is 0.00699. The first-order valence-corrected chi connectivity index (χ1v) is 12.2. The minimum atomic E-state index is -4.78. The SMILES string of the molecule is COc1cc(C(=O)NCC(c2cc(C(C)(C)N)cc(-c3ccc(F)c(Cl)c3)n2)C(F)(F)F)ccc1OCCO. The van der Waals surface area contributed by atoms with Gasteiger partial charge in [0.2, 0.25) is 0 Å². The third kappa shape index (κ3) is 7.59. The van der Waals surface area contributed by atoms with Crippen molar-refractivity contribution in [3.63, 3.8) is 0 Å². The molecule has 0 aliphatic heterocycles. The van der Waals surface area contributed by atoms with Gasteiger partial charge in [-0.25, -0.2) is 4.39 Å². The van der Waals surface area contributed by atoms with E-state index >= 15 is 0 Å². The molecule has 3 aromatic rings. The molecule has 3 rings (SSSR count). The Labute approximate surface area is 227 Å². The van der Waals surface area contributed by atoms with Gasteiger partial charge in [0.05, 0.1) is 30.1 Å². The third-order valence-electron chi connectivity index (χ3n) is 5.80. The average Bonchev–Trinajstić information content (AvgIpc) is 2.87. The van der Waals surface area contributed by atoms with Crippen LogP contribution in [-0.4, -0.2) is 49.0 Å². The molecule has 0 fully saturated rings. The zero-order chi connectivity index (χ0) is 29.0. The fraction of sp³-hybridized carbons (Fsp3) is 0.333. The summed E-state index contributed by atoms with van der Waals surface area (Å²) in [5, 5.41) is 11.0. The van der Waals surface area contributed by atoms with Gasteiger partial charge in [-0.05, 0) is 67.9 Å². The summed E-state index contributed by atoms with van der Waals surface area (Å²) in [4.78, 5) is 17.0. The molecule has 7 nitrogen and oxygen atoms in total. The number of hydrogen-bond donors (Lipinski definition) is 3. The van der Waals surface area contributed by atoms with Crippen molar-refractivity contribution in [2.45, 2.75) is 31.5 Å². The highest BCUT2D eigenvalue weighted by molar-refractivity contribution is 6.31. The number of aromatic nitrogens is 1. The van der Waals surface area contributed by atoms with Gasteiger partial charge in [-0.15, -0.1) is 0 Å². The Bertz CT molecular complexity index is 1330. The van der Waals surface area contributed by atoms with Crippen molar-refractivity contribution in [1.29, 1.82) is 0 Å². The minimum Gasteiger partial charge on any atom is -0.493 e. The van der Waals surface area contributed by atoms with Crippen LogP contribution in [0.2, 0.25) is 5.02 Å². The van der Waals surface area contributed by atoms with Crippen molar-refractivity contribution < 1.29 is 36.9 Å². The summed E-state index contributed by atoms with van der Waals surface area (Å²) in [6.45, 7) is 2.18. The lowest BCUT2D eigenvalue weighted by Crippen LogP contribution is -2.36. The quantitative estimate of drug-likeness (QED) is 0.290. The Kier molecular flexibility index (Phi) is 9.42. The van der Waals surface area contributed by atoms with E-state index in [-0.39, 0.29) is 46.7 Å². The number of hydrogen-bond acceptors (Lipinski definition) is 6. The molecule has 0 aliphatic carbocycles. The van der Waals surface area contributed by atoms with E-state index in [1.807, 2.05) is 0 Å². The van der Waals surface area contributed by atoms with Gasteiger partial charge < -0.3 is 25.6 Å². The maximum absolute atomic E-state index is 14.3. The van der Waals surface area contributed by atoms with Crippen molar-refractivity contribution in [2.24, 2.45) is 5.73 Å². The lowest BCUT2D eigenvalue weighted by molar-refractivity contribution is -0.149. The van der Waals surface area contributed by atoms with E-state index < -0.39 is 35.9 Å². The second-order valence-electron chi connectivity index (χ2n) is 9.26. The highest BCUT2D eigenvalue weighted by Gasteiger charge is 2.42. The second-order valence-corrected chi connectivity index (χ2v) is 9.67. The molecular weight excluding hydrogens is 542 g/mol. The Hall–Kier alpha value is -3.41. The summed E-state index contributed by atoms with van der Waals surface area (Å²) in [6, 6.07) is 10.6. The van der Waals surface area contributed by atoms with Crippen LogP contribution < -0.4 is 20.5 Å². The number of benzene rings is 2. The van der Waals surface area contributed by atoms with Crippen LogP contribution in [0.3, 0.4) is 0 Å². The Morgan fingerprint density at radius 3 is 2.44 bits per heavy atom. The maximum Gasteiger partial charge on any atom is 0.398 e. The van der Waals surface area contributed by atoms with Gasteiger partial charge in [-0.1, -0.05) is 11.6 Å². The zero-order valence-corrected chi connectivity index (χ0v) is 22.2. The largest absolute Gasteiger partial charge is 0.493 e. The molecule has 0 aliphatic rings. The van der Waals surface area contributed by atoms with E-state index in [1.165, 1.54) is 49.6 Å². The van der Waals surface area contributed by atoms with E-state index in [1.54, 1.807) is 13.8 Å². The molecule has 0 saturated carbocycles. The Balaban J connectivity index is 1.95. The highest BCUT2D eigenvalue weighted by Crippen LogP contribution is 2.37. The lowest BCUT2D eigenvalue weighted by atomic mass is 9.91. The summed E-state index contributed by atoms with van der Waals surface area (Å²) in [6.07, 6.45) is -4.78. The number of halogens is 5. The van der Waals surface area contributed by atoms with Crippen LogP contribution in [0.5, 0.6) is 11.5 Å². The molecule has 12 heteroatoms. The van der Waals surface area contributed by atoms with Crippen molar-refractivity contribution in [3.05, 3.63) is 76.2 Å². The number of ether oxygens (including phenoxy) is 2. The molecule has 0 saturated heterocycles. The first-order chi connectivity index (χ1) is 18.2. The van der Waals surface area contributed by atoms with E-state index in [2.05, 4.69) is 10.3 Å². The fourth-order valence-electron chi connectivity index (χ4n) is 3.67. The van der Waals surface area contributed by atoms with Crippen LogP contribution in [0, 0.1) is 5.82 Å². The first kappa shape index (κ1) is 30.1. The van der Waals surface area contributed by atoms with Gasteiger partial charge in [0.1, 0.15) is 18.3 Å². The van der Waals surface area contributed by atoms with Gasteiger partial charge in [0.25, 0.3) is 5.91 Å². The first-order valence-electron chi connectivity index (χ1n) is 11.8. The Morgan fingerprint density at radius 1 is 1.13 bits per heavy atom. The number of nitrogens with two attached hydrogens (primary N) is 1. The number of rotatable bonds is 10. The predicted octanol–water partition coefficient (Wildman–Crippen LogP) is 5.19. The Morgan fingerprint density at radius 2 is 1.85 bits per heavy atom. The van der Waals surface area contributed by atoms with Crippen LogP contribution in [0.4, 0.5) is 17.6 Å². The van der Waals surface area contributed by atoms with Crippen LogP contribution in [-0.2, 0) is 5.54 Å². The van der Waals surface area contributed by atoms with Crippen molar-refractivity contribution >= 4 is 17.5 Å². The molecule has 1 heterocycles. The summed E-state index contributed by atoms with van der Waals surface area (Å²) < 4.78 is 67.0. The molecule has 0 radical (unpaired) electrons. The van der Waals surface area contributed by atoms with E-state index in [0.29, 0.717) is 11.1 Å². The van der Waals surface area contributed by atoms with Gasteiger partial charge in [0, 0.05) is 23.2 Å². The number of amides is 1. The third-order valence-corrected chi connectivity index (χ3v) is 6.09. The molecule has 1 amide bonds. The van der Waals surface area contributed by atoms with Crippen molar-refractivity contribution in [1.82, 2.24) is 10.3 Å². The van der Waals surface area contributed by atoms with Crippen LogP contribution >= 0.6 is 11.6 Å². The molecule has 1 unspecified atom stereocenters. The highest BCUT2D eigenvalue weighted by atomic mass is 35.5. The molecule has 1 atom stereocenters. The summed E-state index contributed by atoms with van der Waals surface area (Å²) >= 11 is 5.88. The van der Waals surface area contributed by atoms with Gasteiger partial charge in [-0.3, -0.25) is 9.78 Å². The van der Waals surface area contributed by atoms with E-state index in [9.17, 15) is 22.4 Å². The number of carbonyl (C=O) groups is 1. The number of aliphatic hydroxyl groups is 1. The van der Waals surface area contributed by atoms with Crippen LogP contribution in [0.25, 0.3) is 11.3 Å². The number of methoxy groups -OCH3 is 1. The van der Waals surface area contributed by atoms with Crippen LogP contribution in [0.15, 0.2) is 48.5 Å². The molecule has 2 aromatic carbocycles. The molecule has 1 aromatic heterocycles. The molecule has 39 heavy (non-hydrogen) atoms. The number of carbonyl (C=O) groups excluding carboxylic acids is 1. The molecular formula is C27H28ClF4N3O4. The maximum atomic E-state index is 14.3. The standard InChI is InChI=1S/C27H28ClF4N3O4/c1-26(2,33)17-12-21(15-4-6-20(29)19(28)10-15)35-22(13-17)18(27(30,31)32)14-34-25(37)16-5-7-23(39-9-8-36)24(11-16)38-3/h4-7,10-13,18,36H,8-9,14,33H2,1-3H3,(H,34,37). The number of nitrogens with one attached hydrogen (secondary N) is 1. The number of pyridine rings is 1. The average molecular weight is 570 g/mol. The molecule has 210 valence electrons. The predicted molar refractivity (Wildman–Crippen MR) is 139 cm³/mol. The van der Waals surface area contributed by atoms with Gasteiger partial charge >= 0.3 is 6.18 Å². The fourth-order valence-corrected chi connectivity index (χ4v) is 3.85. The monoisotopic (exact) mass is 569 g/mol. The molecule has 4 N–H and O–H groups in total. The summed E-state index contributed by atoms with van der Waals surface area (Å²) in [7, 11) is 1.34. The number of nitrogens with zero attached hydrogens (tertiary/aromatic N) is 1. The van der Waals surface area contributed by atoms with E-state index in [4.69, 9.17) is 31.9 Å². The number of aliphatic hydroxyl groups excluding tert-OH is 1. The number of alkyl halides is 3. The normalized spacial score (nSPS) is 12.7. The second kappa shape index (κ2) is 12.2. The van der Waals surface area contributed by atoms with Crippen molar-refractivity contribution in [3.8, 4) is 22.8 Å². The van der Waals surface area contributed by atoms with E-state index in [0.717, 1.165) is 6.07 Å².